The van der Waals surface area contributed by atoms with Crippen LogP contribution in [-0.4, -0.2) is 15.8 Å². The van der Waals surface area contributed by atoms with Gasteiger partial charge in [-0.2, -0.15) is 0 Å². The van der Waals surface area contributed by atoms with Crippen LogP contribution in [0, 0.1) is 5.92 Å². The molecule has 0 bridgehead atoms. The quantitative estimate of drug-likeness (QED) is 0.795. The van der Waals surface area contributed by atoms with Crippen molar-refractivity contribution in [1.82, 2.24) is 9.97 Å². The second-order valence-corrected chi connectivity index (χ2v) is 4.48. The van der Waals surface area contributed by atoms with E-state index in [1.54, 1.807) is 18.2 Å². The Morgan fingerprint density at radius 1 is 1.29 bits per heavy atom. The van der Waals surface area contributed by atoms with E-state index in [4.69, 9.17) is 0 Å². The van der Waals surface area contributed by atoms with Gasteiger partial charge in [0, 0.05) is 12.0 Å². The van der Waals surface area contributed by atoms with E-state index in [0.717, 1.165) is 11.9 Å². The van der Waals surface area contributed by atoms with Gasteiger partial charge in [-0.1, -0.05) is 20.3 Å². The topological polar surface area (TPSA) is 65.7 Å². The highest BCUT2D eigenvalue weighted by Crippen LogP contribution is 2.15. The van der Waals surface area contributed by atoms with Crippen LogP contribution >= 0.6 is 0 Å². The molecule has 0 saturated heterocycles. The van der Waals surface area contributed by atoms with Gasteiger partial charge in [0.2, 0.25) is 0 Å². The van der Waals surface area contributed by atoms with E-state index in [2.05, 4.69) is 23.8 Å². The summed E-state index contributed by atoms with van der Waals surface area (Å²) in [6.45, 7) is 4.14. The molecule has 0 saturated carbocycles. The molecule has 4 nitrogen and oxygen atoms in total. The van der Waals surface area contributed by atoms with Crippen LogP contribution in [0.15, 0.2) is 23.0 Å². The Labute approximate surface area is 99.1 Å². The molecule has 0 aliphatic heterocycles. The average Bonchev–Trinajstić information content (AvgIpc) is 2.67. The fraction of sp³-hybridized carbons (Fsp3) is 0.385. The molecule has 1 aromatic heterocycles. The summed E-state index contributed by atoms with van der Waals surface area (Å²) in [6, 6.07) is 5.26. The first kappa shape index (κ1) is 11.6. The Balaban J connectivity index is 2.29. The molecule has 1 unspecified atom stereocenters. The standard InChI is InChI=1S/C13H16N2O2/c1-3-8(2)6-12(16)9-4-5-10-11(7-9)15-13(17)14-10/h4-5,7-8H,3,6H2,1-2H3,(H2,14,15,17). The zero-order valence-corrected chi connectivity index (χ0v) is 10.0. The van der Waals surface area contributed by atoms with Crippen LogP contribution in [0.5, 0.6) is 0 Å². The Morgan fingerprint density at radius 3 is 2.71 bits per heavy atom. The summed E-state index contributed by atoms with van der Waals surface area (Å²) in [5, 5.41) is 0. The van der Waals surface area contributed by atoms with Crippen molar-refractivity contribution < 1.29 is 4.79 Å². The molecule has 0 aliphatic carbocycles. The lowest BCUT2D eigenvalue weighted by Gasteiger charge is -2.06. The van der Waals surface area contributed by atoms with E-state index < -0.39 is 0 Å². The van der Waals surface area contributed by atoms with Gasteiger partial charge in [-0.05, 0) is 24.1 Å². The second kappa shape index (κ2) is 4.57. The molecule has 0 aliphatic rings. The predicted octanol–water partition coefficient (Wildman–Crippen LogP) is 2.48. The van der Waals surface area contributed by atoms with Gasteiger partial charge in [0.25, 0.3) is 0 Å². The van der Waals surface area contributed by atoms with Gasteiger partial charge < -0.3 is 9.97 Å². The van der Waals surface area contributed by atoms with Crippen molar-refractivity contribution in [2.45, 2.75) is 26.7 Å². The summed E-state index contributed by atoms with van der Waals surface area (Å²) in [5.41, 5.74) is 1.83. The summed E-state index contributed by atoms with van der Waals surface area (Å²) < 4.78 is 0. The number of rotatable bonds is 4. The van der Waals surface area contributed by atoms with E-state index in [-0.39, 0.29) is 11.5 Å². The molecule has 2 rings (SSSR count). The molecule has 1 atom stereocenters. The lowest BCUT2D eigenvalue weighted by Crippen LogP contribution is -2.05. The average molecular weight is 232 g/mol. The molecule has 4 heteroatoms. The second-order valence-electron chi connectivity index (χ2n) is 4.48. The van der Waals surface area contributed by atoms with Gasteiger partial charge in [-0.15, -0.1) is 0 Å². The van der Waals surface area contributed by atoms with Crippen LogP contribution in [0.3, 0.4) is 0 Å². The monoisotopic (exact) mass is 232 g/mol. The Morgan fingerprint density at radius 2 is 2.00 bits per heavy atom. The molecule has 0 radical (unpaired) electrons. The number of benzene rings is 1. The number of aromatic amines is 2. The third kappa shape index (κ3) is 2.46. The molecule has 17 heavy (non-hydrogen) atoms. The third-order valence-corrected chi connectivity index (χ3v) is 3.07. The smallest absolute Gasteiger partial charge is 0.306 e. The van der Waals surface area contributed by atoms with Gasteiger partial charge in [0.1, 0.15) is 0 Å². The molecule has 1 aromatic carbocycles. The van der Waals surface area contributed by atoms with Crippen molar-refractivity contribution in [1.29, 1.82) is 0 Å². The SMILES string of the molecule is CCC(C)CC(=O)c1ccc2[nH]c(=O)[nH]c2c1. The molecular weight excluding hydrogens is 216 g/mol. The molecule has 2 N–H and O–H groups in total. The van der Waals surface area contributed by atoms with E-state index in [1.165, 1.54) is 0 Å². The van der Waals surface area contributed by atoms with Crippen molar-refractivity contribution in [3.05, 3.63) is 34.2 Å². The summed E-state index contributed by atoms with van der Waals surface area (Å²) >= 11 is 0. The molecule has 0 amide bonds. The van der Waals surface area contributed by atoms with Crippen LogP contribution < -0.4 is 5.69 Å². The highest BCUT2D eigenvalue weighted by atomic mass is 16.1. The molecule has 90 valence electrons. The van der Waals surface area contributed by atoms with Crippen molar-refractivity contribution in [2.75, 3.05) is 0 Å². The summed E-state index contributed by atoms with van der Waals surface area (Å²) in [7, 11) is 0. The minimum Gasteiger partial charge on any atom is -0.306 e. The maximum Gasteiger partial charge on any atom is 0.323 e. The van der Waals surface area contributed by atoms with Crippen molar-refractivity contribution in [2.24, 2.45) is 5.92 Å². The highest BCUT2D eigenvalue weighted by molar-refractivity contribution is 5.98. The van der Waals surface area contributed by atoms with Crippen molar-refractivity contribution in [3.63, 3.8) is 0 Å². The van der Waals surface area contributed by atoms with Gasteiger partial charge in [0.15, 0.2) is 5.78 Å². The normalized spacial score (nSPS) is 12.8. The lowest BCUT2D eigenvalue weighted by molar-refractivity contribution is 0.0964. The van der Waals surface area contributed by atoms with Gasteiger partial charge in [0.05, 0.1) is 11.0 Å². The molecule has 2 aromatic rings. The summed E-state index contributed by atoms with van der Waals surface area (Å²) in [6.07, 6.45) is 1.55. The van der Waals surface area contributed by atoms with Gasteiger partial charge >= 0.3 is 5.69 Å². The fourth-order valence-electron chi connectivity index (χ4n) is 1.78. The van der Waals surface area contributed by atoms with Crippen LogP contribution in [0.1, 0.15) is 37.0 Å². The Hall–Kier alpha value is -1.84. The number of imidazole rings is 1. The fourth-order valence-corrected chi connectivity index (χ4v) is 1.78. The van der Waals surface area contributed by atoms with Gasteiger partial charge in [-0.3, -0.25) is 4.79 Å². The number of aromatic nitrogens is 2. The molecule has 0 fully saturated rings. The number of carbonyl (C=O) groups is 1. The predicted molar refractivity (Wildman–Crippen MR) is 67.3 cm³/mol. The third-order valence-electron chi connectivity index (χ3n) is 3.07. The highest BCUT2D eigenvalue weighted by Gasteiger charge is 2.11. The van der Waals surface area contributed by atoms with E-state index in [1.807, 2.05) is 0 Å². The molecular formula is C13H16N2O2. The first-order valence-electron chi connectivity index (χ1n) is 5.85. The first-order chi connectivity index (χ1) is 8.10. The number of Topliss-reactive ketones (excluding diaryl/α,β-unsaturated/α-hetero) is 1. The maximum atomic E-state index is 12.0. The number of fused-ring (bicyclic) bond motifs is 1. The van der Waals surface area contributed by atoms with Gasteiger partial charge in [-0.25, -0.2) is 4.79 Å². The summed E-state index contributed by atoms with van der Waals surface area (Å²) in [5.74, 6) is 0.520. The lowest BCUT2D eigenvalue weighted by atomic mass is 9.98. The Bertz CT molecular complexity index is 595. The number of hydrogen-bond acceptors (Lipinski definition) is 2. The first-order valence-corrected chi connectivity index (χ1v) is 5.85. The van der Waals surface area contributed by atoms with Crippen LogP contribution in [-0.2, 0) is 0 Å². The zero-order valence-electron chi connectivity index (χ0n) is 10.0. The van der Waals surface area contributed by atoms with Crippen molar-refractivity contribution >= 4 is 16.8 Å². The zero-order chi connectivity index (χ0) is 12.4. The number of ketones is 1. The molecule has 0 spiro atoms. The largest absolute Gasteiger partial charge is 0.323 e. The van der Waals surface area contributed by atoms with E-state index in [0.29, 0.717) is 23.4 Å². The van der Waals surface area contributed by atoms with Crippen LogP contribution in [0.4, 0.5) is 0 Å². The maximum absolute atomic E-state index is 12.0. The minimum absolute atomic E-state index is 0.128. The van der Waals surface area contributed by atoms with E-state index >= 15 is 0 Å². The Kier molecular flexibility index (Phi) is 3.13. The number of hydrogen-bond donors (Lipinski definition) is 2. The number of carbonyl (C=O) groups excluding carboxylic acids is 1. The van der Waals surface area contributed by atoms with Crippen LogP contribution in [0.2, 0.25) is 0 Å². The molecule has 1 heterocycles. The number of H-pyrrole nitrogens is 2. The van der Waals surface area contributed by atoms with Crippen molar-refractivity contribution in [3.8, 4) is 0 Å². The van der Waals surface area contributed by atoms with Crippen LogP contribution in [0.25, 0.3) is 11.0 Å². The summed E-state index contributed by atoms with van der Waals surface area (Å²) in [4.78, 5) is 28.4. The number of nitrogens with one attached hydrogen (secondary N) is 2. The van der Waals surface area contributed by atoms with E-state index in [9.17, 15) is 9.59 Å². The minimum atomic E-state index is -0.244.